The van der Waals surface area contributed by atoms with Crippen LogP contribution in [-0.4, -0.2) is 16.5 Å². The van der Waals surface area contributed by atoms with E-state index in [4.69, 9.17) is 4.42 Å². The number of carbonyl (C=O) groups excluding carboxylic acids is 2. The van der Waals surface area contributed by atoms with Crippen LogP contribution in [0.5, 0.6) is 0 Å². The van der Waals surface area contributed by atoms with Gasteiger partial charge in [-0.2, -0.15) is 0 Å². The predicted octanol–water partition coefficient (Wildman–Crippen LogP) is 1.84. The van der Waals surface area contributed by atoms with E-state index in [2.05, 4.69) is 0 Å². The monoisotopic (exact) mass is 245 g/mol. The van der Waals surface area contributed by atoms with Crippen LogP contribution in [0.25, 0.3) is 6.08 Å². The molecule has 0 fully saturated rings. The minimum atomic E-state index is -0.649. The second kappa shape index (κ2) is 4.62. The number of ketones is 2. The molecule has 0 aliphatic heterocycles. The zero-order chi connectivity index (χ0) is 13.1. The Hall–Kier alpha value is -2.76. The highest BCUT2D eigenvalue weighted by atomic mass is 16.6. The van der Waals surface area contributed by atoms with E-state index in [-0.39, 0.29) is 28.8 Å². The van der Waals surface area contributed by atoms with Crippen molar-refractivity contribution in [3.8, 4) is 0 Å². The van der Waals surface area contributed by atoms with Crippen LogP contribution in [0.15, 0.2) is 46.4 Å². The molecule has 18 heavy (non-hydrogen) atoms. The first-order chi connectivity index (χ1) is 8.58. The lowest BCUT2D eigenvalue weighted by Gasteiger charge is -1.88. The fourth-order valence-electron chi connectivity index (χ4n) is 1.39. The first-order valence-corrected chi connectivity index (χ1v) is 4.97. The van der Waals surface area contributed by atoms with E-state index in [1.54, 1.807) is 0 Å². The second-order valence-electron chi connectivity index (χ2n) is 3.43. The van der Waals surface area contributed by atoms with Gasteiger partial charge in [-0.1, -0.05) is 6.08 Å². The first-order valence-electron chi connectivity index (χ1n) is 4.97. The molecule has 0 bridgehead atoms. The van der Waals surface area contributed by atoms with E-state index in [0.717, 1.165) is 0 Å². The lowest BCUT2D eigenvalue weighted by atomic mass is 10.1. The van der Waals surface area contributed by atoms with Crippen LogP contribution in [0.4, 0.5) is 5.88 Å². The maximum Gasteiger partial charge on any atom is 0.433 e. The molecule has 0 spiro atoms. The summed E-state index contributed by atoms with van der Waals surface area (Å²) in [5.74, 6) is -0.799. The zero-order valence-electron chi connectivity index (χ0n) is 9.03. The average molecular weight is 245 g/mol. The highest BCUT2D eigenvalue weighted by Gasteiger charge is 2.18. The molecule has 1 aromatic rings. The van der Waals surface area contributed by atoms with E-state index >= 15 is 0 Å². The summed E-state index contributed by atoms with van der Waals surface area (Å²) in [5, 5.41) is 10.4. The number of hydrogen-bond donors (Lipinski definition) is 0. The summed E-state index contributed by atoms with van der Waals surface area (Å²) < 4.78 is 4.86. The summed E-state index contributed by atoms with van der Waals surface area (Å²) in [5.41, 5.74) is 0.0623. The van der Waals surface area contributed by atoms with Gasteiger partial charge >= 0.3 is 5.88 Å². The summed E-state index contributed by atoms with van der Waals surface area (Å²) in [6.45, 7) is 0. The van der Waals surface area contributed by atoms with Crippen LogP contribution in [-0.2, 0) is 9.59 Å². The third kappa shape index (κ3) is 2.32. The van der Waals surface area contributed by atoms with Gasteiger partial charge in [-0.05, 0) is 30.4 Å². The number of allylic oxidation sites excluding steroid dienone is 5. The smallest absolute Gasteiger partial charge is 0.401 e. The van der Waals surface area contributed by atoms with Crippen molar-refractivity contribution in [3.05, 3.63) is 57.9 Å². The maximum atomic E-state index is 11.2. The Morgan fingerprint density at radius 3 is 2.39 bits per heavy atom. The molecule has 0 radical (unpaired) electrons. The Labute approximate surface area is 101 Å². The largest absolute Gasteiger partial charge is 0.433 e. The van der Waals surface area contributed by atoms with Crippen molar-refractivity contribution >= 4 is 23.5 Å². The normalized spacial score (nSPS) is 14.8. The lowest BCUT2D eigenvalue weighted by molar-refractivity contribution is -0.402. The quantitative estimate of drug-likeness (QED) is 0.350. The molecule has 0 N–H and O–H groups in total. The SMILES string of the molecule is O=C1C=CC(=O)C1=C/C=C/c1ccc([N+](=O)[O-])o1. The van der Waals surface area contributed by atoms with E-state index in [1.165, 1.54) is 42.5 Å². The van der Waals surface area contributed by atoms with Crippen LogP contribution < -0.4 is 0 Å². The summed E-state index contributed by atoms with van der Waals surface area (Å²) in [7, 11) is 0. The third-order valence-electron chi connectivity index (χ3n) is 2.23. The van der Waals surface area contributed by atoms with E-state index < -0.39 is 4.92 Å². The fourth-order valence-corrected chi connectivity index (χ4v) is 1.39. The number of nitro groups is 1. The Morgan fingerprint density at radius 1 is 1.17 bits per heavy atom. The summed E-state index contributed by atoms with van der Waals surface area (Å²) >= 11 is 0. The van der Waals surface area contributed by atoms with Gasteiger partial charge in [0.25, 0.3) is 0 Å². The van der Waals surface area contributed by atoms with Crippen molar-refractivity contribution in [2.45, 2.75) is 0 Å². The van der Waals surface area contributed by atoms with Crippen LogP contribution in [0.3, 0.4) is 0 Å². The minimum Gasteiger partial charge on any atom is -0.401 e. The zero-order valence-corrected chi connectivity index (χ0v) is 9.03. The Bertz CT molecular complexity index is 598. The van der Waals surface area contributed by atoms with Gasteiger partial charge in [-0.25, -0.2) is 0 Å². The van der Waals surface area contributed by atoms with Gasteiger partial charge in [0.05, 0.1) is 11.6 Å². The molecule has 0 saturated heterocycles. The molecule has 2 rings (SSSR count). The van der Waals surface area contributed by atoms with Crippen molar-refractivity contribution in [2.75, 3.05) is 0 Å². The number of furan rings is 1. The molecule has 1 aliphatic carbocycles. The number of rotatable bonds is 3. The van der Waals surface area contributed by atoms with Gasteiger partial charge in [0.15, 0.2) is 11.6 Å². The molecule has 1 heterocycles. The standard InChI is InChI=1S/C12H7NO5/c14-10-5-6-11(15)9(10)3-1-2-8-4-7-12(18-8)13(16)17/h1-7H/b2-1+. The number of carbonyl (C=O) groups is 2. The summed E-state index contributed by atoms with van der Waals surface area (Å²) in [6.07, 6.45) is 6.60. The number of hydrogen-bond acceptors (Lipinski definition) is 5. The fraction of sp³-hybridized carbons (Fsp3) is 0. The van der Waals surface area contributed by atoms with Crippen LogP contribution in [0, 0.1) is 10.1 Å². The molecule has 0 saturated carbocycles. The summed E-state index contributed by atoms with van der Waals surface area (Å²) in [4.78, 5) is 32.1. The van der Waals surface area contributed by atoms with Crippen LogP contribution in [0.2, 0.25) is 0 Å². The Morgan fingerprint density at radius 2 is 1.83 bits per heavy atom. The van der Waals surface area contributed by atoms with E-state index in [0.29, 0.717) is 0 Å². The van der Waals surface area contributed by atoms with E-state index in [1.807, 2.05) is 0 Å². The van der Waals surface area contributed by atoms with Gasteiger partial charge in [0.2, 0.25) is 0 Å². The molecular formula is C12H7NO5. The highest BCUT2D eigenvalue weighted by molar-refractivity contribution is 6.33. The minimum absolute atomic E-state index is 0.0623. The molecule has 6 nitrogen and oxygen atoms in total. The first kappa shape index (κ1) is 11.7. The molecule has 0 atom stereocenters. The van der Waals surface area contributed by atoms with Gasteiger partial charge in [-0.15, -0.1) is 0 Å². The molecule has 1 aromatic heterocycles. The average Bonchev–Trinajstić information content (AvgIpc) is 2.90. The maximum absolute atomic E-state index is 11.2. The Kier molecular flexibility index (Phi) is 3.01. The van der Waals surface area contributed by atoms with Crippen LogP contribution >= 0.6 is 0 Å². The van der Waals surface area contributed by atoms with Gasteiger partial charge in [-0.3, -0.25) is 19.7 Å². The molecule has 0 amide bonds. The summed E-state index contributed by atoms with van der Waals surface area (Å²) in [6, 6.07) is 2.64. The van der Waals surface area contributed by atoms with Crippen molar-refractivity contribution in [1.29, 1.82) is 0 Å². The van der Waals surface area contributed by atoms with Gasteiger partial charge in [0, 0.05) is 0 Å². The van der Waals surface area contributed by atoms with E-state index in [9.17, 15) is 19.7 Å². The van der Waals surface area contributed by atoms with Gasteiger partial charge < -0.3 is 4.42 Å². The molecule has 0 unspecified atom stereocenters. The van der Waals surface area contributed by atoms with Crippen molar-refractivity contribution < 1.29 is 18.9 Å². The molecule has 0 aromatic carbocycles. The highest BCUT2D eigenvalue weighted by Crippen LogP contribution is 2.17. The third-order valence-corrected chi connectivity index (χ3v) is 2.23. The topological polar surface area (TPSA) is 90.4 Å². The molecule has 6 heteroatoms. The van der Waals surface area contributed by atoms with Crippen molar-refractivity contribution in [2.24, 2.45) is 0 Å². The van der Waals surface area contributed by atoms with Crippen molar-refractivity contribution in [1.82, 2.24) is 0 Å². The Balaban J connectivity index is 2.12. The van der Waals surface area contributed by atoms with Crippen LogP contribution in [0.1, 0.15) is 5.76 Å². The van der Waals surface area contributed by atoms with Gasteiger partial charge in [0.1, 0.15) is 10.7 Å². The molecule has 1 aliphatic rings. The predicted molar refractivity (Wildman–Crippen MR) is 61.6 cm³/mol. The second-order valence-corrected chi connectivity index (χ2v) is 3.43. The number of nitrogens with zero attached hydrogens (tertiary/aromatic N) is 1. The lowest BCUT2D eigenvalue weighted by Crippen LogP contribution is -1.99. The molecule has 90 valence electrons. The molecular weight excluding hydrogens is 238 g/mol. The van der Waals surface area contributed by atoms with Crippen molar-refractivity contribution in [3.63, 3.8) is 0 Å².